The maximum atomic E-state index is 5.74. The third kappa shape index (κ3) is 4.31. The lowest BCUT2D eigenvalue weighted by atomic mass is 10.0. The number of hydrogen-bond acceptors (Lipinski definition) is 5. The van der Waals surface area contributed by atoms with Crippen LogP contribution < -0.4 is 28.7 Å². The number of benzene rings is 3. The molecule has 0 aromatic heterocycles. The van der Waals surface area contributed by atoms with Gasteiger partial charge in [-0.2, -0.15) is 0 Å². The first kappa shape index (κ1) is 16.0. The van der Waals surface area contributed by atoms with Crippen LogP contribution in [0.2, 0.25) is 0 Å². The van der Waals surface area contributed by atoms with Gasteiger partial charge in [0.15, 0.2) is 0 Å². The van der Waals surface area contributed by atoms with Gasteiger partial charge in [-0.3, -0.25) is 0 Å². The first-order chi connectivity index (χ1) is 11.0. The highest BCUT2D eigenvalue weighted by molar-refractivity contribution is 5.78. The molecular formula is C18H21N5. The lowest BCUT2D eigenvalue weighted by molar-refractivity contribution is 1.60. The molecule has 3 aromatic rings. The van der Waals surface area contributed by atoms with Crippen LogP contribution in [-0.4, -0.2) is 0 Å². The van der Waals surface area contributed by atoms with E-state index in [-0.39, 0.29) is 0 Å². The minimum absolute atomic E-state index is 0.563. The van der Waals surface area contributed by atoms with Gasteiger partial charge < -0.3 is 28.7 Å². The number of rotatable bonds is 1. The Balaban J connectivity index is 0.000000229. The van der Waals surface area contributed by atoms with Crippen LogP contribution >= 0.6 is 0 Å². The normalized spacial score (nSPS) is 9.74. The van der Waals surface area contributed by atoms with Gasteiger partial charge in [-0.05, 0) is 47.5 Å². The van der Waals surface area contributed by atoms with Crippen LogP contribution in [0.4, 0.5) is 28.4 Å². The largest absolute Gasteiger partial charge is 0.399 e. The van der Waals surface area contributed by atoms with Gasteiger partial charge >= 0.3 is 0 Å². The number of nitrogen functional groups attached to an aromatic ring is 5. The van der Waals surface area contributed by atoms with E-state index in [1.807, 2.05) is 54.6 Å². The van der Waals surface area contributed by atoms with Crippen LogP contribution in [0.1, 0.15) is 0 Å². The van der Waals surface area contributed by atoms with E-state index in [1.54, 1.807) is 12.1 Å². The molecule has 0 fully saturated rings. The molecule has 5 nitrogen and oxygen atoms in total. The van der Waals surface area contributed by atoms with Gasteiger partial charge in [0.2, 0.25) is 0 Å². The minimum atomic E-state index is 0.563. The number of para-hydroxylation sites is 1. The molecule has 0 atom stereocenters. The van der Waals surface area contributed by atoms with Crippen LogP contribution in [0.15, 0.2) is 66.7 Å². The summed E-state index contributed by atoms with van der Waals surface area (Å²) in [6, 6.07) is 20.5. The Bertz CT molecular complexity index is 735. The summed E-state index contributed by atoms with van der Waals surface area (Å²) < 4.78 is 0. The Kier molecular flexibility index (Phi) is 4.94. The van der Waals surface area contributed by atoms with Gasteiger partial charge in [-0.15, -0.1) is 0 Å². The van der Waals surface area contributed by atoms with Gasteiger partial charge in [0.05, 0.1) is 22.7 Å². The van der Waals surface area contributed by atoms with Gasteiger partial charge in [0, 0.05) is 5.69 Å². The molecule has 0 aliphatic rings. The van der Waals surface area contributed by atoms with Gasteiger partial charge in [-0.25, -0.2) is 0 Å². The fraction of sp³-hybridized carbons (Fsp3) is 0. The summed E-state index contributed by atoms with van der Waals surface area (Å²) in [5, 5.41) is 0. The lowest BCUT2D eigenvalue weighted by Gasteiger charge is -2.07. The van der Waals surface area contributed by atoms with Gasteiger partial charge in [-0.1, -0.05) is 30.3 Å². The molecular weight excluding hydrogens is 286 g/mol. The lowest BCUT2D eigenvalue weighted by Crippen LogP contribution is -1.96. The highest BCUT2D eigenvalue weighted by Gasteiger charge is 2.02. The third-order valence-electron chi connectivity index (χ3n) is 3.31. The van der Waals surface area contributed by atoms with Crippen LogP contribution in [0.5, 0.6) is 0 Å². The molecule has 3 aromatic carbocycles. The summed E-state index contributed by atoms with van der Waals surface area (Å²) in [6.07, 6.45) is 0. The van der Waals surface area contributed by atoms with Crippen molar-refractivity contribution in [2.75, 3.05) is 28.7 Å². The number of hydrogen-bond donors (Lipinski definition) is 5. The van der Waals surface area contributed by atoms with Crippen molar-refractivity contribution in [3.8, 4) is 11.1 Å². The molecule has 3 rings (SSSR count). The first-order valence-electron chi connectivity index (χ1n) is 7.08. The van der Waals surface area contributed by atoms with Crippen LogP contribution in [0.25, 0.3) is 11.1 Å². The summed E-state index contributed by atoms with van der Waals surface area (Å²) in [4.78, 5) is 0. The molecule has 0 aliphatic carbocycles. The second-order valence-electron chi connectivity index (χ2n) is 5.10. The van der Waals surface area contributed by atoms with Crippen molar-refractivity contribution in [2.24, 2.45) is 0 Å². The summed E-state index contributed by atoms with van der Waals surface area (Å²) in [7, 11) is 0. The maximum absolute atomic E-state index is 5.74. The predicted molar refractivity (Wildman–Crippen MR) is 100 cm³/mol. The average Bonchev–Trinajstić information content (AvgIpc) is 2.54. The van der Waals surface area contributed by atoms with E-state index in [0.717, 1.165) is 16.8 Å². The molecule has 0 heterocycles. The fourth-order valence-corrected chi connectivity index (χ4v) is 1.96. The average molecular weight is 307 g/mol. The third-order valence-corrected chi connectivity index (χ3v) is 3.31. The van der Waals surface area contributed by atoms with E-state index in [4.69, 9.17) is 28.7 Å². The molecule has 0 saturated carbocycles. The standard InChI is InChI=1S/C12H14N4.C6H7N/c13-9-3-1-7(5-11(9)15)8-2-4-10(14)12(16)6-8;7-6-4-2-1-3-5-6/h1-6H,13-16H2;1-5H,7H2. The zero-order valence-corrected chi connectivity index (χ0v) is 12.7. The van der Waals surface area contributed by atoms with Crippen molar-refractivity contribution in [1.82, 2.24) is 0 Å². The minimum Gasteiger partial charge on any atom is -0.399 e. The van der Waals surface area contributed by atoms with Gasteiger partial charge in [0.1, 0.15) is 0 Å². The van der Waals surface area contributed by atoms with Crippen molar-refractivity contribution in [1.29, 1.82) is 0 Å². The molecule has 0 radical (unpaired) electrons. The van der Waals surface area contributed by atoms with Crippen LogP contribution in [-0.2, 0) is 0 Å². The van der Waals surface area contributed by atoms with Crippen molar-refractivity contribution < 1.29 is 0 Å². The monoisotopic (exact) mass is 307 g/mol. The molecule has 118 valence electrons. The van der Waals surface area contributed by atoms with E-state index < -0.39 is 0 Å². The Morgan fingerprint density at radius 1 is 0.435 bits per heavy atom. The summed E-state index contributed by atoms with van der Waals surface area (Å²) in [5.41, 5.74) is 33.2. The van der Waals surface area contributed by atoms with Gasteiger partial charge in [0.25, 0.3) is 0 Å². The smallest absolute Gasteiger partial charge is 0.0554 e. The van der Waals surface area contributed by atoms with E-state index in [1.165, 1.54) is 0 Å². The molecule has 0 bridgehead atoms. The van der Waals surface area contributed by atoms with Crippen molar-refractivity contribution in [3.05, 3.63) is 66.7 Å². The Hall–Kier alpha value is -3.34. The Labute approximate surface area is 135 Å². The molecule has 0 spiro atoms. The molecule has 0 aliphatic heterocycles. The zero-order valence-electron chi connectivity index (χ0n) is 12.7. The number of anilines is 5. The molecule has 0 amide bonds. The summed E-state index contributed by atoms with van der Waals surface area (Å²) >= 11 is 0. The first-order valence-corrected chi connectivity index (χ1v) is 7.08. The fourth-order valence-electron chi connectivity index (χ4n) is 1.96. The van der Waals surface area contributed by atoms with E-state index in [9.17, 15) is 0 Å². The van der Waals surface area contributed by atoms with Crippen molar-refractivity contribution >= 4 is 28.4 Å². The second kappa shape index (κ2) is 7.09. The van der Waals surface area contributed by atoms with E-state index in [0.29, 0.717) is 22.7 Å². The second-order valence-corrected chi connectivity index (χ2v) is 5.10. The quantitative estimate of drug-likeness (QED) is 0.441. The topological polar surface area (TPSA) is 130 Å². The highest BCUT2D eigenvalue weighted by Crippen LogP contribution is 2.28. The predicted octanol–water partition coefficient (Wildman–Crippen LogP) is 2.95. The van der Waals surface area contributed by atoms with Crippen LogP contribution in [0, 0.1) is 0 Å². The molecule has 0 saturated heterocycles. The SMILES string of the molecule is Nc1ccc(-c2ccc(N)c(N)c2)cc1N.Nc1ccccc1. The molecule has 10 N–H and O–H groups in total. The maximum Gasteiger partial charge on any atom is 0.0554 e. The highest BCUT2D eigenvalue weighted by atomic mass is 14.7. The molecule has 5 heteroatoms. The molecule has 0 unspecified atom stereocenters. The van der Waals surface area contributed by atoms with Crippen LogP contribution in [0.3, 0.4) is 0 Å². The summed E-state index contributed by atoms with van der Waals surface area (Å²) in [6.45, 7) is 0. The Morgan fingerprint density at radius 3 is 1.17 bits per heavy atom. The van der Waals surface area contributed by atoms with Crippen molar-refractivity contribution in [3.63, 3.8) is 0 Å². The van der Waals surface area contributed by atoms with E-state index in [2.05, 4.69) is 0 Å². The number of nitrogens with two attached hydrogens (primary N) is 5. The van der Waals surface area contributed by atoms with Crippen molar-refractivity contribution in [2.45, 2.75) is 0 Å². The Morgan fingerprint density at radius 2 is 0.870 bits per heavy atom. The summed E-state index contributed by atoms with van der Waals surface area (Å²) in [5.74, 6) is 0. The molecule has 23 heavy (non-hydrogen) atoms. The zero-order chi connectivity index (χ0) is 16.8. The van der Waals surface area contributed by atoms with E-state index >= 15 is 0 Å².